The molecule has 0 saturated heterocycles. The van der Waals surface area contributed by atoms with E-state index in [-0.39, 0.29) is 0 Å². The highest BCUT2D eigenvalue weighted by Crippen LogP contribution is 2.13. The van der Waals surface area contributed by atoms with Gasteiger partial charge in [0.15, 0.2) is 0 Å². The number of allylic oxidation sites excluding steroid dienone is 2. The fraction of sp³-hybridized carbons (Fsp3) is 0.789. The maximum Gasteiger partial charge on any atom is 0.115 e. The number of rotatable bonds is 13. The number of hydrogen-bond donors (Lipinski definition) is 0. The molecule has 0 aromatic heterocycles. The van der Waals surface area contributed by atoms with E-state index in [1.165, 1.54) is 77.0 Å². The maximum absolute atomic E-state index is 5.43. The Labute approximate surface area is 126 Å². The predicted octanol–water partition coefficient (Wildman–Crippen LogP) is 6.55. The Kier molecular flexibility index (Phi) is 11.5. The van der Waals surface area contributed by atoms with E-state index in [9.17, 15) is 0 Å². The van der Waals surface area contributed by atoms with Crippen molar-refractivity contribution in [3.8, 4) is 0 Å². The highest BCUT2D eigenvalue weighted by molar-refractivity contribution is 5.14. The van der Waals surface area contributed by atoms with E-state index in [2.05, 4.69) is 25.2 Å². The molecule has 1 heteroatoms. The average Bonchev–Trinajstić information content (AvgIpc) is 2.97. The summed E-state index contributed by atoms with van der Waals surface area (Å²) in [4.78, 5) is 0. The van der Waals surface area contributed by atoms with Crippen LogP contribution in [0.25, 0.3) is 0 Å². The number of unbranched alkanes of at least 4 members (excludes halogenated alkanes) is 11. The third kappa shape index (κ3) is 10.1. The van der Waals surface area contributed by atoms with Gasteiger partial charge in [-0.25, -0.2) is 0 Å². The van der Waals surface area contributed by atoms with Crippen LogP contribution in [0.2, 0.25) is 0 Å². The van der Waals surface area contributed by atoms with E-state index >= 15 is 0 Å². The predicted molar refractivity (Wildman–Crippen MR) is 88.9 cm³/mol. The molecule has 1 nitrogen and oxygen atoms in total. The van der Waals surface area contributed by atoms with Crippen LogP contribution in [-0.4, -0.2) is 6.61 Å². The Hall–Kier alpha value is -0.720. The lowest BCUT2D eigenvalue weighted by molar-refractivity contribution is 0.257. The summed E-state index contributed by atoms with van der Waals surface area (Å²) >= 11 is 0. The van der Waals surface area contributed by atoms with E-state index < -0.39 is 0 Å². The molecular formula is C19H34O. The zero-order chi connectivity index (χ0) is 14.3. The van der Waals surface area contributed by atoms with E-state index in [1.54, 1.807) is 0 Å². The van der Waals surface area contributed by atoms with Gasteiger partial charge in [-0.15, -0.1) is 0 Å². The largest absolute Gasteiger partial charge is 0.494 e. The SMILES string of the molecule is CCCCCCCCCCCCC/C=C/C1=CCCO1. The molecule has 0 bridgehead atoms. The summed E-state index contributed by atoms with van der Waals surface area (Å²) in [5.41, 5.74) is 0. The Morgan fingerprint density at radius 3 is 2.05 bits per heavy atom. The minimum absolute atomic E-state index is 0.873. The van der Waals surface area contributed by atoms with Gasteiger partial charge in [-0.3, -0.25) is 0 Å². The van der Waals surface area contributed by atoms with Crippen LogP contribution in [0.1, 0.15) is 90.4 Å². The van der Waals surface area contributed by atoms with Crippen molar-refractivity contribution < 1.29 is 4.74 Å². The van der Waals surface area contributed by atoms with Gasteiger partial charge in [0, 0.05) is 6.42 Å². The molecule has 1 aliphatic heterocycles. The molecule has 1 heterocycles. The van der Waals surface area contributed by atoms with Crippen molar-refractivity contribution in [3.63, 3.8) is 0 Å². The lowest BCUT2D eigenvalue weighted by atomic mass is 10.1. The Bertz CT molecular complexity index is 265. The monoisotopic (exact) mass is 278 g/mol. The van der Waals surface area contributed by atoms with Gasteiger partial charge in [0.1, 0.15) is 5.76 Å². The molecule has 0 saturated carbocycles. The standard InChI is InChI=1S/C19H34O/c1-2-3-4-5-6-7-8-9-10-11-12-13-14-16-19-17-15-18-20-19/h14,16-17H,2-13,15,18H2,1H3/b16-14+. The van der Waals surface area contributed by atoms with Crippen LogP contribution in [0.4, 0.5) is 0 Å². The lowest BCUT2D eigenvalue weighted by Crippen LogP contribution is -1.82. The third-order valence-corrected chi connectivity index (χ3v) is 3.99. The zero-order valence-electron chi connectivity index (χ0n) is 13.5. The summed E-state index contributed by atoms with van der Waals surface area (Å²) in [6, 6.07) is 0. The van der Waals surface area contributed by atoms with E-state index in [4.69, 9.17) is 4.74 Å². The van der Waals surface area contributed by atoms with Gasteiger partial charge in [-0.1, -0.05) is 77.2 Å². The molecule has 0 amide bonds. The van der Waals surface area contributed by atoms with Gasteiger partial charge >= 0.3 is 0 Å². The quantitative estimate of drug-likeness (QED) is 0.347. The highest BCUT2D eigenvalue weighted by atomic mass is 16.5. The van der Waals surface area contributed by atoms with Gasteiger partial charge in [-0.05, 0) is 25.0 Å². The Balaban J connectivity index is 1.74. The lowest BCUT2D eigenvalue weighted by Gasteiger charge is -2.01. The molecule has 1 rings (SSSR count). The second-order valence-corrected chi connectivity index (χ2v) is 5.97. The van der Waals surface area contributed by atoms with Crippen molar-refractivity contribution in [2.75, 3.05) is 6.61 Å². The minimum atomic E-state index is 0.873. The fourth-order valence-electron chi connectivity index (χ4n) is 2.68. The van der Waals surface area contributed by atoms with Gasteiger partial charge in [0.2, 0.25) is 0 Å². The molecule has 0 aromatic carbocycles. The van der Waals surface area contributed by atoms with E-state index in [1.807, 2.05) is 0 Å². The topological polar surface area (TPSA) is 9.23 Å². The zero-order valence-corrected chi connectivity index (χ0v) is 13.5. The second kappa shape index (κ2) is 13.3. The minimum Gasteiger partial charge on any atom is -0.494 e. The van der Waals surface area contributed by atoms with Crippen molar-refractivity contribution in [1.82, 2.24) is 0 Å². The first-order valence-corrected chi connectivity index (χ1v) is 8.93. The fourth-order valence-corrected chi connectivity index (χ4v) is 2.68. The number of ether oxygens (including phenoxy) is 1. The first-order chi connectivity index (χ1) is 9.93. The Morgan fingerprint density at radius 2 is 1.50 bits per heavy atom. The van der Waals surface area contributed by atoms with Gasteiger partial charge in [0.05, 0.1) is 6.61 Å². The van der Waals surface area contributed by atoms with Crippen molar-refractivity contribution in [3.05, 3.63) is 24.0 Å². The molecule has 0 aliphatic carbocycles. The van der Waals surface area contributed by atoms with Crippen LogP contribution >= 0.6 is 0 Å². The van der Waals surface area contributed by atoms with Crippen LogP contribution in [-0.2, 0) is 4.74 Å². The van der Waals surface area contributed by atoms with Gasteiger partial charge in [-0.2, -0.15) is 0 Å². The molecule has 20 heavy (non-hydrogen) atoms. The maximum atomic E-state index is 5.43. The molecular weight excluding hydrogens is 244 g/mol. The van der Waals surface area contributed by atoms with E-state index in [0.717, 1.165) is 18.8 Å². The summed E-state index contributed by atoms with van der Waals surface area (Å²) in [6.45, 7) is 3.16. The summed E-state index contributed by atoms with van der Waals surface area (Å²) in [6.07, 6.45) is 24.5. The molecule has 0 aromatic rings. The molecule has 0 atom stereocenters. The van der Waals surface area contributed by atoms with Gasteiger partial charge in [0.25, 0.3) is 0 Å². The van der Waals surface area contributed by atoms with Crippen molar-refractivity contribution >= 4 is 0 Å². The molecule has 0 fully saturated rings. The first kappa shape index (κ1) is 17.3. The summed E-state index contributed by atoms with van der Waals surface area (Å²) in [5.74, 6) is 1.08. The summed E-state index contributed by atoms with van der Waals surface area (Å²) in [7, 11) is 0. The Morgan fingerprint density at radius 1 is 0.900 bits per heavy atom. The molecule has 0 unspecified atom stereocenters. The number of hydrogen-bond acceptors (Lipinski definition) is 1. The van der Waals surface area contributed by atoms with Crippen LogP contribution < -0.4 is 0 Å². The van der Waals surface area contributed by atoms with Crippen molar-refractivity contribution in [2.45, 2.75) is 90.4 Å². The smallest absolute Gasteiger partial charge is 0.115 e. The molecule has 116 valence electrons. The van der Waals surface area contributed by atoms with Crippen LogP contribution in [0.5, 0.6) is 0 Å². The van der Waals surface area contributed by atoms with Crippen LogP contribution in [0, 0.1) is 0 Å². The second-order valence-electron chi connectivity index (χ2n) is 5.97. The van der Waals surface area contributed by atoms with Gasteiger partial charge < -0.3 is 4.74 Å². The normalized spacial score (nSPS) is 14.8. The van der Waals surface area contributed by atoms with Crippen LogP contribution in [0.3, 0.4) is 0 Å². The highest BCUT2D eigenvalue weighted by Gasteiger charge is 1.99. The van der Waals surface area contributed by atoms with Crippen molar-refractivity contribution in [2.24, 2.45) is 0 Å². The average molecular weight is 278 g/mol. The molecule has 0 N–H and O–H groups in total. The summed E-state index contributed by atoms with van der Waals surface area (Å²) < 4.78 is 5.43. The summed E-state index contributed by atoms with van der Waals surface area (Å²) in [5, 5.41) is 0. The first-order valence-electron chi connectivity index (χ1n) is 8.93. The van der Waals surface area contributed by atoms with E-state index in [0.29, 0.717) is 0 Å². The molecule has 1 aliphatic rings. The molecule has 0 spiro atoms. The van der Waals surface area contributed by atoms with Crippen LogP contribution in [0.15, 0.2) is 24.0 Å². The van der Waals surface area contributed by atoms with Crippen molar-refractivity contribution in [1.29, 1.82) is 0 Å². The molecule has 0 radical (unpaired) electrons. The third-order valence-electron chi connectivity index (χ3n) is 3.99.